The van der Waals surface area contributed by atoms with Crippen molar-refractivity contribution in [1.82, 2.24) is 0 Å². The molecule has 0 saturated carbocycles. The third-order valence-corrected chi connectivity index (χ3v) is 5.21. The van der Waals surface area contributed by atoms with Crippen LogP contribution in [0.2, 0.25) is 0 Å². The molecule has 0 N–H and O–H groups in total. The maximum absolute atomic E-state index is 13.7. The van der Waals surface area contributed by atoms with Crippen molar-refractivity contribution in [2.75, 3.05) is 0 Å². The zero-order chi connectivity index (χ0) is 23.6. The number of hydrogen-bond acceptors (Lipinski definition) is 5. The highest BCUT2D eigenvalue weighted by Crippen LogP contribution is 2.39. The highest BCUT2D eigenvalue weighted by atomic mass is 79.9. The van der Waals surface area contributed by atoms with Gasteiger partial charge in [0.2, 0.25) is 11.2 Å². The predicted octanol–water partition coefficient (Wildman–Crippen LogP) is 6.51. The Hall–Kier alpha value is -3.59. The van der Waals surface area contributed by atoms with Gasteiger partial charge >= 0.3 is 12.1 Å². The smallest absolute Gasteiger partial charge is 0.448 e. The molecule has 0 aliphatic heterocycles. The highest BCUT2D eigenvalue weighted by Gasteiger charge is 2.40. The average molecular weight is 519 g/mol. The largest absolute Gasteiger partial charge is 0.453 e. The van der Waals surface area contributed by atoms with Crippen LogP contribution >= 0.6 is 15.9 Å². The number of alkyl halides is 3. The average Bonchev–Trinajstić information content (AvgIpc) is 2.76. The summed E-state index contributed by atoms with van der Waals surface area (Å²) < 4.78 is 57.0. The number of fused-ring (bicyclic) bond motifs is 1. The van der Waals surface area contributed by atoms with Crippen molar-refractivity contribution < 1.29 is 31.9 Å². The molecule has 0 amide bonds. The first-order valence-electron chi connectivity index (χ1n) is 9.57. The van der Waals surface area contributed by atoms with Gasteiger partial charge in [-0.25, -0.2) is 0 Å². The van der Waals surface area contributed by atoms with Gasteiger partial charge in [-0.15, -0.1) is 0 Å². The molecule has 33 heavy (non-hydrogen) atoms. The standard InChI is InChI=1S/C24H14BrF3O5/c25-17-8-4-5-9-18(17)32-22-21(30)16-11-10-15(13-19(16)33-23(22)24(26,27)28)31-20(29)12-14-6-2-1-3-7-14/h1-11,13H,12H2. The molecule has 0 atom stereocenters. The van der Waals surface area contributed by atoms with Gasteiger partial charge in [-0.1, -0.05) is 42.5 Å². The minimum atomic E-state index is -5.01. The summed E-state index contributed by atoms with van der Waals surface area (Å²) in [6.07, 6.45) is -5.04. The molecule has 9 heteroatoms. The third kappa shape index (κ3) is 5.09. The van der Waals surface area contributed by atoms with Crippen molar-refractivity contribution in [1.29, 1.82) is 0 Å². The summed E-state index contributed by atoms with van der Waals surface area (Å²) in [5.41, 5.74) is -0.693. The van der Waals surface area contributed by atoms with E-state index in [0.29, 0.717) is 10.0 Å². The molecule has 0 fully saturated rings. The van der Waals surface area contributed by atoms with Crippen LogP contribution in [0, 0.1) is 0 Å². The number of ether oxygens (including phenoxy) is 2. The van der Waals surface area contributed by atoms with Crippen LogP contribution in [0.3, 0.4) is 0 Å². The number of carbonyl (C=O) groups is 1. The number of rotatable bonds is 5. The first-order valence-corrected chi connectivity index (χ1v) is 10.4. The van der Waals surface area contributed by atoms with Crippen LogP contribution in [0.15, 0.2) is 86.5 Å². The molecular weight excluding hydrogens is 505 g/mol. The fourth-order valence-electron chi connectivity index (χ4n) is 3.07. The summed E-state index contributed by atoms with van der Waals surface area (Å²) in [4.78, 5) is 25.1. The SMILES string of the molecule is O=C(Cc1ccccc1)Oc1ccc2c(=O)c(Oc3ccccc3Br)c(C(F)(F)F)oc2c1. The van der Waals surface area contributed by atoms with Gasteiger partial charge in [-0.05, 0) is 45.8 Å². The molecule has 0 aliphatic rings. The molecule has 4 aromatic rings. The second kappa shape index (κ2) is 9.11. The van der Waals surface area contributed by atoms with E-state index in [9.17, 15) is 22.8 Å². The lowest BCUT2D eigenvalue weighted by molar-refractivity contribution is -0.154. The van der Waals surface area contributed by atoms with Crippen LogP contribution in [-0.4, -0.2) is 5.97 Å². The van der Waals surface area contributed by atoms with E-state index in [1.54, 1.807) is 48.5 Å². The lowest BCUT2D eigenvalue weighted by atomic mass is 10.1. The number of carbonyl (C=O) groups excluding carboxylic acids is 1. The third-order valence-electron chi connectivity index (χ3n) is 4.55. The lowest BCUT2D eigenvalue weighted by Crippen LogP contribution is -2.16. The molecule has 1 heterocycles. The number of para-hydroxylation sites is 1. The van der Waals surface area contributed by atoms with E-state index in [2.05, 4.69) is 15.9 Å². The minimum Gasteiger partial charge on any atom is -0.448 e. The molecule has 0 bridgehead atoms. The fourth-order valence-corrected chi connectivity index (χ4v) is 3.43. The van der Waals surface area contributed by atoms with Gasteiger partial charge in [0.15, 0.2) is 0 Å². The van der Waals surface area contributed by atoms with E-state index in [4.69, 9.17) is 13.9 Å². The summed E-state index contributed by atoms with van der Waals surface area (Å²) >= 11 is 3.17. The molecule has 0 spiro atoms. The van der Waals surface area contributed by atoms with Gasteiger partial charge in [0.05, 0.1) is 16.3 Å². The zero-order valence-corrected chi connectivity index (χ0v) is 18.3. The van der Waals surface area contributed by atoms with E-state index in [1.165, 1.54) is 18.2 Å². The van der Waals surface area contributed by atoms with Gasteiger partial charge in [0, 0.05) is 6.07 Å². The summed E-state index contributed by atoms with van der Waals surface area (Å²) in [5, 5.41) is -0.159. The molecule has 3 aromatic carbocycles. The fraction of sp³-hybridized carbons (Fsp3) is 0.0833. The second-order valence-corrected chi connectivity index (χ2v) is 7.77. The van der Waals surface area contributed by atoms with E-state index in [0.717, 1.165) is 6.07 Å². The Morgan fingerprint density at radius 3 is 2.36 bits per heavy atom. The first kappa shape index (κ1) is 22.6. The Morgan fingerprint density at radius 1 is 0.970 bits per heavy atom. The van der Waals surface area contributed by atoms with Crippen LogP contribution in [0.5, 0.6) is 17.2 Å². The molecule has 168 valence electrons. The van der Waals surface area contributed by atoms with Crippen LogP contribution < -0.4 is 14.9 Å². The number of benzene rings is 3. The zero-order valence-electron chi connectivity index (χ0n) is 16.7. The van der Waals surface area contributed by atoms with Gasteiger partial charge in [-0.3, -0.25) is 9.59 Å². The summed E-state index contributed by atoms with van der Waals surface area (Å²) in [6.45, 7) is 0. The van der Waals surface area contributed by atoms with Crippen LogP contribution in [-0.2, 0) is 17.4 Å². The molecular formula is C24H14BrF3O5. The lowest BCUT2D eigenvalue weighted by Gasteiger charge is -2.14. The van der Waals surface area contributed by atoms with E-state index >= 15 is 0 Å². The van der Waals surface area contributed by atoms with Gasteiger partial charge in [-0.2, -0.15) is 13.2 Å². The highest BCUT2D eigenvalue weighted by molar-refractivity contribution is 9.10. The van der Waals surface area contributed by atoms with Crippen molar-refractivity contribution in [2.45, 2.75) is 12.6 Å². The van der Waals surface area contributed by atoms with Gasteiger partial charge < -0.3 is 13.9 Å². The van der Waals surface area contributed by atoms with Crippen molar-refractivity contribution in [3.8, 4) is 17.2 Å². The maximum Gasteiger partial charge on any atom is 0.453 e. The first-order chi connectivity index (χ1) is 15.7. The maximum atomic E-state index is 13.7. The Labute approximate surface area is 193 Å². The topological polar surface area (TPSA) is 65.7 Å². The summed E-state index contributed by atoms with van der Waals surface area (Å²) in [5.74, 6) is -3.24. The van der Waals surface area contributed by atoms with Crippen LogP contribution in [0.1, 0.15) is 11.3 Å². The molecule has 1 aromatic heterocycles. The number of halogens is 4. The van der Waals surface area contributed by atoms with E-state index in [1.807, 2.05) is 0 Å². The second-order valence-electron chi connectivity index (χ2n) is 6.91. The van der Waals surface area contributed by atoms with Gasteiger partial charge in [0.1, 0.15) is 17.1 Å². The molecule has 5 nitrogen and oxygen atoms in total. The molecule has 0 radical (unpaired) electrons. The quantitative estimate of drug-likeness (QED) is 0.222. The summed E-state index contributed by atoms with van der Waals surface area (Å²) in [6, 6.07) is 18.5. The predicted molar refractivity (Wildman–Crippen MR) is 117 cm³/mol. The Kier molecular flexibility index (Phi) is 6.24. The molecule has 4 rings (SSSR count). The summed E-state index contributed by atoms with van der Waals surface area (Å²) in [7, 11) is 0. The van der Waals surface area contributed by atoms with Crippen molar-refractivity contribution in [3.63, 3.8) is 0 Å². The molecule has 0 unspecified atom stereocenters. The Bertz CT molecular complexity index is 1380. The van der Waals surface area contributed by atoms with Gasteiger partial charge in [0.25, 0.3) is 5.76 Å². The molecule has 0 aliphatic carbocycles. The minimum absolute atomic E-state index is 0.0149. The van der Waals surface area contributed by atoms with Crippen LogP contribution in [0.25, 0.3) is 11.0 Å². The number of esters is 1. The Balaban J connectivity index is 1.71. The van der Waals surface area contributed by atoms with E-state index in [-0.39, 0.29) is 23.3 Å². The van der Waals surface area contributed by atoms with Crippen molar-refractivity contribution in [2.24, 2.45) is 0 Å². The van der Waals surface area contributed by atoms with Crippen molar-refractivity contribution in [3.05, 3.63) is 98.8 Å². The monoisotopic (exact) mass is 518 g/mol. The normalized spacial score (nSPS) is 11.4. The van der Waals surface area contributed by atoms with E-state index < -0.39 is 34.7 Å². The number of hydrogen-bond donors (Lipinski definition) is 0. The van der Waals surface area contributed by atoms with Crippen LogP contribution in [0.4, 0.5) is 13.2 Å². The van der Waals surface area contributed by atoms with Crippen molar-refractivity contribution >= 4 is 32.9 Å². The Morgan fingerprint density at radius 2 is 1.67 bits per heavy atom. The molecule has 0 saturated heterocycles.